The lowest BCUT2D eigenvalue weighted by Crippen LogP contribution is -2.34. The van der Waals surface area contributed by atoms with Gasteiger partial charge in [0.05, 0.1) is 27.1 Å². The second kappa shape index (κ2) is 11.3. The summed E-state index contributed by atoms with van der Waals surface area (Å²) in [7, 11) is 0. The molecule has 0 fully saturated rings. The molecule has 2 aromatic rings. The number of allylic oxidation sites excluding steroid dienone is 1. The van der Waals surface area contributed by atoms with Gasteiger partial charge in [0, 0.05) is 4.47 Å². The number of nitrogens with one attached hydrogen (secondary N) is 1. The smallest absolute Gasteiger partial charge is 0.392 e. The van der Waals surface area contributed by atoms with Gasteiger partial charge in [-0.25, -0.2) is 0 Å². The van der Waals surface area contributed by atoms with E-state index in [-0.39, 0.29) is 48.3 Å². The fourth-order valence-corrected chi connectivity index (χ4v) is 4.11. The van der Waals surface area contributed by atoms with Crippen molar-refractivity contribution in [2.24, 2.45) is 0 Å². The van der Waals surface area contributed by atoms with Gasteiger partial charge < -0.3 is 10.1 Å². The third kappa shape index (κ3) is 8.18. The van der Waals surface area contributed by atoms with Gasteiger partial charge in [0.1, 0.15) is 12.1 Å². The highest BCUT2D eigenvalue weighted by atomic mass is 79.9. The third-order valence-corrected chi connectivity index (χ3v) is 6.23. The number of carbonyl (C=O) groups is 2. The van der Waals surface area contributed by atoms with Crippen LogP contribution in [0.1, 0.15) is 48.7 Å². The van der Waals surface area contributed by atoms with Gasteiger partial charge in [-0.05, 0) is 71.6 Å². The minimum Gasteiger partial charge on any atom is -0.459 e. The Morgan fingerprint density at radius 3 is 2.15 bits per heavy atom. The maximum atomic E-state index is 13.0. The molecule has 34 heavy (non-hydrogen) atoms. The molecule has 0 atom stereocenters. The molecule has 1 N–H and O–H groups in total. The van der Waals surface area contributed by atoms with Crippen LogP contribution in [0.4, 0.5) is 13.2 Å². The molecule has 0 unspecified atom stereocenters. The first-order valence-corrected chi connectivity index (χ1v) is 11.7. The number of rotatable bonds is 6. The molecule has 0 saturated heterocycles. The first-order valence-electron chi connectivity index (χ1n) is 9.80. The molecule has 0 radical (unpaired) electrons. The van der Waals surface area contributed by atoms with E-state index in [0.717, 1.165) is 6.08 Å². The van der Waals surface area contributed by atoms with Crippen LogP contribution < -0.4 is 5.32 Å². The zero-order valence-corrected chi connectivity index (χ0v) is 22.1. The Kier molecular flexibility index (Phi) is 9.50. The van der Waals surface area contributed by atoms with Crippen LogP contribution in [0.5, 0.6) is 0 Å². The average Bonchev–Trinajstić information content (AvgIpc) is 2.69. The van der Waals surface area contributed by atoms with E-state index < -0.39 is 30.1 Å². The van der Waals surface area contributed by atoms with E-state index in [0.29, 0.717) is 0 Å². The molecular weight excluding hydrogens is 582 g/mol. The Labute approximate surface area is 218 Å². The highest BCUT2D eigenvalue weighted by molar-refractivity contribution is 9.10. The Morgan fingerprint density at radius 2 is 1.62 bits per heavy atom. The van der Waals surface area contributed by atoms with Gasteiger partial charge in [0.25, 0.3) is 5.91 Å². The van der Waals surface area contributed by atoms with Crippen molar-refractivity contribution in [1.29, 1.82) is 0 Å². The van der Waals surface area contributed by atoms with Gasteiger partial charge in [-0.1, -0.05) is 53.0 Å². The average molecular weight is 602 g/mol. The summed E-state index contributed by atoms with van der Waals surface area (Å²) >= 11 is 21.5. The first kappa shape index (κ1) is 28.5. The monoisotopic (exact) mass is 599 g/mol. The molecular formula is C23H20BrCl3F3NO3. The van der Waals surface area contributed by atoms with E-state index in [9.17, 15) is 22.8 Å². The number of amides is 1. The highest BCUT2D eigenvalue weighted by Gasteiger charge is 2.27. The molecule has 0 aliphatic heterocycles. The number of ether oxygens (including phenoxy) is 1. The zero-order chi connectivity index (χ0) is 25.8. The summed E-state index contributed by atoms with van der Waals surface area (Å²) in [6.07, 6.45) is -4.74. The van der Waals surface area contributed by atoms with E-state index >= 15 is 0 Å². The van der Waals surface area contributed by atoms with Crippen molar-refractivity contribution in [1.82, 2.24) is 5.32 Å². The summed E-state index contributed by atoms with van der Waals surface area (Å²) in [5.41, 5.74) is 0.0672. The van der Waals surface area contributed by atoms with E-state index in [4.69, 9.17) is 39.5 Å². The van der Waals surface area contributed by atoms with Crippen LogP contribution >= 0.6 is 50.7 Å². The molecule has 0 bridgehead atoms. The fourth-order valence-electron chi connectivity index (χ4n) is 2.85. The predicted molar refractivity (Wildman–Crippen MR) is 132 cm³/mol. The van der Waals surface area contributed by atoms with E-state index in [1.807, 2.05) is 0 Å². The maximum absolute atomic E-state index is 13.0. The van der Waals surface area contributed by atoms with Crippen molar-refractivity contribution in [3.05, 3.63) is 72.6 Å². The standard InChI is InChI=1S/C23H20BrCl3F3NO3/c1-22(2,3)34-18(32)11-31-21(33)15-6-4-5-14(19(15)24)13(7-8-23(28,29)30)12-9-16(25)20(27)17(26)10-12/h4-7,9-10H,8,11H2,1-3H3,(H,31,33)/b13-7+. The van der Waals surface area contributed by atoms with Gasteiger partial charge in [0.15, 0.2) is 0 Å². The second-order valence-electron chi connectivity index (χ2n) is 8.13. The first-order chi connectivity index (χ1) is 15.6. The Balaban J connectivity index is 2.46. The van der Waals surface area contributed by atoms with Crippen LogP contribution in [0, 0.1) is 0 Å². The molecule has 184 valence electrons. The largest absolute Gasteiger partial charge is 0.459 e. The summed E-state index contributed by atoms with van der Waals surface area (Å²) in [6.45, 7) is 4.69. The van der Waals surface area contributed by atoms with Crippen molar-refractivity contribution < 1.29 is 27.5 Å². The van der Waals surface area contributed by atoms with Crippen molar-refractivity contribution in [2.75, 3.05) is 6.54 Å². The SMILES string of the molecule is CC(C)(C)OC(=O)CNC(=O)c1cccc(/C(=C/CC(F)(F)F)c2cc(Cl)c(Cl)c(Cl)c2)c1Br. The zero-order valence-electron chi connectivity index (χ0n) is 18.2. The Hall–Kier alpha value is -1.74. The van der Waals surface area contributed by atoms with Crippen LogP contribution in [0.25, 0.3) is 5.57 Å². The number of alkyl halides is 3. The van der Waals surface area contributed by atoms with E-state index in [2.05, 4.69) is 21.2 Å². The summed E-state index contributed by atoms with van der Waals surface area (Å²) < 4.78 is 44.5. The lowest BCUT2D eigenvalue weighted by molar-refractivity contribution is -0.153. The number of esters is 1. The highest BCUT2D eigenvalue weighted by Crippen LogP contribution is 2.39. The second-order valence-corrected chi connectivity index (χ2v) is 10.1. The lowest BCUT2D eigenvalue weighted by atomic mass is 9.95. The van der Waals surface area contributed by atoms with Gasteiger partial charge in [-0.15, -0.1) is 0 Å². The quantitative estimate of drug-likeness (QED) is 0.271. The van der Waals surface area contributed by atoms with Gasteiger partial charge in [0.2, 0.25) is 0 Å². The van der Waals surface area contributed by atoms with Crippen molar-refractivity contribution in [2.45, 2.75) is 39.0 Å². The van der Waals surface area contributed by atoms with Crippen molar-refractivity contribution >= 4 is 68.2 Å². The molecule has 0 aliphatic carbocycles. The fraction of sp³-hybridized carbons (Fsp3) is 0.304. The number of benzene rings is 2. The topological polar surface area (TPSA) is 55.4 Å². The Morgan fingerprint density at radius 1 is 1.06 bits per heavy atom. The summed E-state index contributed by atoms with van der Waals surface area (Å²) in [5, 5.41) is 2.63. The molecule has 1 amide bonds. The molecule has 0 aromatic heterocycles. The van der Waals surface area contributed by atoms with Crippen LogP contribution in [-0.2, 0) is 9.53 Å². The number of halogens is 7. The predicted octanol–water partition coefficient (Wildman–Crippen LogP) is 7.86. The van der Waals surface area contributed by atoms with Crippen LogP contribution in [0.2, 0.25) is 15.1 Å². The number of hydrogen-bond donors (Lipinski definition) is 1. The van der Waals surface area contributed by atoms with Crippen LogP contribution in [0.3, 0.4) is 0 Å². The normalized spacial score (nSPS) is 12.5. The van der Waals surface area contributed by atoms with E-state index in [1.165, 1.54) is 30.3 Å². The van der Waals surface area contributed by atoms with Crippen LogP contribution in [0.15, 0.2) is 40.9 Å². The molecule has 2 aromatic carbocycles. The molecule has 2 rings (SSSR count). The Bertz CT molecular complexity index is 1110. The molecule has 0 spiro atoms. The summed E-state index contributed by atoms with van der Waals surface area (Å²) in [5.74, 6) is -1.26. The summed E-state index contributed by atoms with van der Waals surface area (Å²) in [4.78, 5) is 24.6. The molecule has 0 saturated carbocycles. The lowest BCUT2D eigenvalue weighted by Gasteiger charge is -2.19. The minimum absolute atomic E-state index is 0.0597. The summed E-state index contributed by atoms with van der Waals surface area (Å²) in [6, 6.07) is 7.27. The van der Waals surface area contributed by atoms with Gasteiger partial charge in [-0.3, -0.25) is 9.59 Å². The van der Waals surface area contributed by atoms with Crippen molar-refractivity contribution in [3.8, 4) is 0 Å². The van der Waals surface area contributed by atoms with Crippen molar-refractivity contribution in [3.63, 3.8) is 0 Å². The van der Waals surface area contributed by atoms with Crippen LogP contribution in [-0.4, -0.2) is 30.2 Å². The third-order valence-electron chi connectivity index (χ3n) is 4.18. The molecule has 0 heterocycles. The molecule has 0 aliphatic rings. The van der Waals surface area contributed by atoms with E-state index in [1.54, 1.807) is 20.8 Å². The number of hydrogen-bond acceptors (Lipinski definition) is 3. The van der Waals surface area contributed by atoms with Gasteiger partial charge in [-0.2, -0.15) is 13.2 Å². The van der Waals surface area contributed by atoms with Gasteiger partial charge >= 0.3 is 12.1 Å². The number of carbonyl (C=O) groups excluding carboxylic acids is 2. The molecule has 11 heteroatoms. The maximum Gasteiger partial charge on any atom is 0.392 e. The minimum atomic E-state index is -4.47. The molecule has 4 nitrogen and oxygen atoms in total.